The fraction of sp³-hybridized carbons (Fsp3) is 0.250. The Morgan fingerprint density at radius 1 is 1.20 bits per heavy atom. The van der Waals surface area contributed by atoms with Crippen LogP contribution in [0.25, 0.3) is 0 Å². The van der Waals surface area contributed by atoms with Gasteiger partial charge in [0.25, 0.3) is 0 Å². The van der Waals surface area contributed by atoms with Crippen LogP contribution in [-0.4, -0.2) is 13.7 Å². The second-order valence-corrected chi connectivity index (χ2v) is 5.44. The Morgan fingerprint density at radius 3 is 2.75 bits per heavy atom. The molecule has 2 rings (SSSR count). The normalized spacial score (nSPS) is 10.6. The van der Waals surface area contributed by atoms with Gasteiger partial charge in [0.2, 0.25) is 0 Å². The lowest BCUT2D eigenvalue weighted by Crippen LogP contribution is -2.11. The molecule has 0 saturated heterocycles. The monoisotopic (exact) mass is 291 g/mol. The van der Waals surface area contributed by atoms with Gasteiger partial charge in [-0.05, 0) is 42.4 Å². The maximum atomic E-state index is 13.7. The average molecular weight is 291 g/mol. The molecule has 0 saturated carbocycles. The summed E-state index contributed by atoms with van der Waals surface area (Å²) in [6.07, 6.45) is 0. The van der Waals surface area contributed by atoms with Gasteiger partial charge in [0.15, 0.2) is 0 Å². The second kappa shape index (κ2) is 7.31. The Kier molecular flexibility index (Phi) is 5.44. The van der Waals surface area contributed by atoms with Crippen molar-refractivity contribution in [3.63, 3.8) is 0 Å². The molecule has 0 radical (unpaired) electrons. The van der Waals surface area contributed by atoms with Gasteiger partial charge in [-0.25, -0.2) is 4.39 Å². The third-order valence-electron chi connectivity index (χ3n) is 2.81. The highest BCUT2D eigenvalue weighted by Crippen LogP contribution is 2.35. The quantitative estimate of drug-likeness (QED) is 0.866. The van der Waals surface area contributed by atoms with Gasteiger partial charge in [0, 0.05) is 11.4 Å². The molecule has 0 unspecified atom stereocenters. The van der Waals surface area contributed by atoms with E-state index in [1.54, 1.807) is 19.2 Å². The molecule has 0 bridgehead atoms. The summed E-state index contributed by atoms with van der Waals surface area (Å²) in [4.78, 5) is 1.86. The summed E-state index contributed by atoms with van der Waals surface area (Å²) in [6, 6.07) is 12.9. The van der Waals surface area contributed by atoms with Crippen LogP contribution in [0.5, 0.6) is 5.75 Å². The first-order valence-corrected chi connectivity index (χ1v) is 7.35. The lowest BCUT2D eigenvalue weighted by Gasteiger charge is -2.09. The van der Waals surface area contributed by atoms with E-state index in [1.165, 1.54) is 11.8 Å². The molecule has 0 amide bonds. The van der Waals surface area contributed by atoms with E-state index < -0.39 is 0 Å². The van der Waals surface area contributed by atoms with Gasteiger partial charge in [-0.3, -0.25) is 0 Å². The molecule has 1 N–H and O–H groups in total. The maximum Gasteiger partial charge on any atom is 0.132 e. The number of nitrogens with one attached hydrogen (secondary N) is 1. The van der Waals surface area contributed by atoms with Crippen molar-refractivity contribution in [2.45, 2.75) is 23.3 Å². The molecule has 106 valence electrons. The topological polar surface area (TPSA) is 21.3 Å². The molecule has 20 heavy (non-hydrogen) atoms. The Balaban J connectivity index is 2.22. The number of ether oxygens (including phenoxy) is 1. The van der Waals surface area contributed by atoms with Gasteiger partial charge in [0.05, 0.1) is 12.0 Å². The molecular weight excluding hydrogens is 273 g/mol. The molecule has 4 heteroatoms. The lowest BCUT2D eigenvalue weighted by molar-refractivity contribution is 0.405. The maximum absolute atomic E-state index is 13.7. The number of hydrogen-bond donors (Lipinski definition) is 1. The van der Waals surface area contributed by atoms with Gasteiger partial charge in [-0.1, -0.05) is 30.8 Å². The molecule has 0 aliphatic rings. The Hall–Kier alpha value is -1.52. The first-order chi connectivity index (χ1) is 9.72. The SMILES string of the molecule is CCNCc1cc(F)cc(Sc2ccccc2OC)c1. The number of para-hydroxylation sites is 1. The summed E-state index contributed by atoms with van der Waals surface area (Å²) >= 11 is 1.51. The van der Waals surface area contributed by atoms with Crippen LogP contribution in [0.1, 0.15) is 12.5 Å². The molecule has 0 aliphatic carbocycles. The van der Waals surface area contributed by atoms with Crippen molar-refractivity contribution in [2.24, 2.45) is 0 Å². The number of rotatable bonds is 6. The molecule has 0 atom stereocenters. The molecule has 0 fully saturated rings. The van der Waals surface area contributed by atoms with E-state index >= 15 is 0 Å². The van der Waals surface area contributed by atoms with Crippen LogP contribution in [0.2, 0.25) is 0 Å². The predicted octanol–water partition coefficient (Wildman–Crippen LogP) is 4.10. The summed E-state index contributed by atoms with van der Waals surface area (Å²) < 4.78 is 19.0. The highest BCUT2D eigenvalue weighted by Gasteiger charge is 2.06. The Bertz CT molecular complexity index is 574. The summed E-state index contributed by atoms with van der Waals surface area (Å²) in [5, 5.41) is 3.20. The van der Waals surface area contributed by atoms with Crippen molar-refractivity contribution in [1.29, 1.82) is 0 Å². The van der Waals surface area contributed by atoms with Crippen LogP contribution in [-0.2, 0) is 6.54 Å². The van der Waals surface area contributed by atoms with E-state index in [0.717, 1.165) is 27.6 Å². The summed E-state index contributed by atoms with van der Waals surface area (Å²) in [6.45, 7) is 3.57. The first-order valence-electron chi connectivity index (χ1n) is 6.54. The molecule has 0 aromatic heterocycles. The van der Waals surface area contributed by atoms with E-state index in [2.05, 4.69) is 5.32 Å². The minimum Gasteiger partial charge on any atom is -0.496 e. The van der Waals surface area contributed by atoms with E-state index in [9.17, 15) is 4.39 Å². The minimum atomic E-state index is -0.210. The lowest BCUT2D eigenvalue weighted by atomic mass is 10.2. The average Bonchev–Trinajstić information content (AvgIpc) is 2.45. The molecule has 0 spiro atoms. The minimum absolute atomic E-state index is 0.210. The molecule has 2 nitrogen and oxygen atoms in total. The van der Waals surface area contributed by atoms with Crippen molar-refractivity contribution in [2.75, 3.05) is 13.7 Å². The van der Waals surface area contributed by atoms with Gasteiger partial charge in [-0.15, -0.1) is 0 Å². The second-order valence-electron chi connectivity index (χ2n) is 4.33. The zero-order valence-corrected chi connectivity index (χ0v) is 12.5. The number of methoxy groups -OCH3 is 1. The number of halogens is 1. The third kappa shape index (κ3) is 3.99. The molecular formula is C16H18FNOS. The van der Waals surface area contributed by atoms with Crippen LogP contribution < -0.4 is 10.1 Å². The fourth-order valence-electron chi connectivity index (χ4n) is 1.88. The highest BCUT2D eigenvalue weighted by molar-refractivity contribution is 7.99. The zero-order valence-electron chi connectivity index (χ0n) is 11.7. The van der Waals surface area contributed by atoms with Crippen LogP contribution in [0, 0.1) is 5.82 Å². The highest BCUT2D eigenvalue weighted by atomic mass is 32.2. The Labute approximate surface area is 123 Å². The molecule has 0 aliphatic heterocycles. The number of hydrogen-bond acceptors (Lipinski definition) is 3. The van der Waals surface area contributed by atoms with Gasteiger partial charge in [0.1, 0.15) is 11.6 Å². The molecule has 0 heterocycles. The van der Waals surface area contributed by atoms with E-state index in [1.807, 2.05) is 37.3 Å². The van der Waals surface area contributed by atoms with E-state index in [-0.39, 0.29) is 5.82 Å². The van der Waals surface area contributed by atoms with Gasteiger partial charge < -0.3 is 10.1 Å². The van der Waals surface area contributed by atoms with Gasteiger partial charge in [-0.2, -0.15) is 0 Å². The smallest absolute Gasteiger partial charge is 0.132 e. The largest absolute Gasteiger partial charge is 0.496 e. The fourth-order valence-corrected chi connectivity index (χ4v) is 2.92. The molecule has 2 aromatic carbocycles. The summed E-state index contributed by atoms with van der Waals surface area (Å²) in [5.41, 5.74) is 0.948. The van der Waals surface area contributed by atoms with Crippen molar-refractivity contribution in [1.82, 2.24) is 5.32 Å². The van der Waals surface area contributed by atoms with Crippen LogP contribution >= 0.6 is 11.8 Å². The molecule has 2 aromatic rings. The van der Waals surface area contributed by atoms with Crippen LogP contribution in [0.4, 0.5) is 4.39 Å². The van der Waals surface area contributed by atoms with Crippen molar-refractivity contribution < 1.29 is 9.13 Å². The van der Waals surface area contributed by atoms with E-state index in [4.69, 9.17) is 4.74 Å². The van der Waals surface area contributed by atoms with E-state index in [0.29, 0.717) is 6.54 Å². The summed E-state index contributed by atoms with van der Waals surface area (Å²) in [7, 11) is 1.64. The van der Waals surface area contributed by atoms with Gasteiger partial charge >= 0.3 is 0 Å². The standard InChI is InChI=1S/C16H18FNOS/c1-3-18-11-12-8-13(17)10-14(9-12)20-16-7-5-4-6-15(16)19-2/h4-10,18H,3,11H2,1-2H3. The zero-order chi connectivity index (χ0) is 14.4. The van der Waals surface area contributed by atoms with Crippen LogP contribution in [0.15, 0.2) is 52.3 Å². The third-order valence-corrected chi connectivity index (χ3v) is 3.84. The van der Waals surface area contributed by atoms with Crippen molar-refractivity contribution in [3.8, 4) is 5.75 Å². The van der Waals surface area contributed by atoms with Crippen molar-refractivity contribution >= 4 is 11.8 Å². The van der Waals surface area contributed by atoms with Crippen LogP contribution in [0.3, 0.4) is 0 Å². The number of benzene rings is 2. The predicted molar refractivity (Wildman–Crippen MR) is 80.9 cm³/mol. The Morgan fingerprint density at radius 2 is 2.00 bits per heavy atom. The first kappa shape index (κ1) is 14.9. The summed E-state index contributed by atoms with van der Waals surface area (Å²) in [5.74, 6) is 0.591. The van der Waals surface area contributed by atoms with Crippen molar-refractivity contribution in [3.05, 3.63) is 53.8 Å².